The molecular formula is C17H22N2OS. The van der Waals surface area contributed by atoms with Crippen LogP contribution in [0, 0.1) is 5.92 Å². The highest BCUT2D eigenvalue weighted by Crippen LogP contribution is 2.38. The fourth-order valence-corrected chi connectivity index (χ4v) is 4.34. The Morgan fingerprint density at radius 3 is 2.67 bits per heavy atom. The van der Waals surface area contributed by atoms with Gasteiger partial charge in [0, 0.05) is 16.2 Å². The molecule has 0 radical (unpaired) electrons. The van der Waals surface area contributed by atoms with Crippen molar-refractivity contribution in [2.24, 2.45) is 11.7 Å². The van der Waals surface area contributed by atoms with E-state index in [4.69, 9.17) is 5.73 Å². The molecule has 3 N–H and O–H groups in total. The van der Waals surface area contributed by atoms with Crippen LogP contribution in [0.3, 0.4) is 0 Å². The first-order chi connectivity index (χ1) is 10.2. The number of amides is 1. The first-order valence-corrected chi connectivity index (χ1v) is 8.61. The highest BCUT2D eigenvalue weighted by molar-refractivity contribution is 8.00. The number of carbonyl (C=O) groups excluding carboxylic acids is 1. The molecule has 0 aliphatic heterocycles. The second-order valence-corrected chi connectivity index (χ2v) is 7.24. The zero-order chi connectivity index (χ0) is 14.7. The van der Waals surface area contributed by atoms with Crippen molar-refractivity contribution >= 4 is 23.4 Å². The van der Waals surface area contributed by atoms with Crippen molar-refractivity contribution in [2.75, 3.05) is 5.32 Å². The van der Waals surface area contributed by atoms with Gasteiger partial charge in [0.2, 0.25) is 5.91 Å². The molecule has 1 aromatic carbocycles. The summed E-state index contributed by atoms with van der Waals surface area (Å²) in [6.45, 7) is 0. The molecule has 2 atom stereocenters. The third-order valence-corrected chi connectivity index (χ3v) is 5.61. The molecule has 1 amide bonds. The van der Waals surface area contributed by atoms with Gasteiger partial charge in [-0.25, -0.2) is 0 Å². The molecule has 1 fully saturated rings. The van der Waals surface area contributed by atoms with Crippen molar-refractivity contribution in [1.82, 2.24) is 0 Å². The summed E-state index contributed by atoms with van der Waals surface area (Å²) in [6.07, 6.45) is 9.79. The van der Waals surface area contributed by atoms with Crippen molar-refractivity contribution in [3.63, 3.8) is 0 Å². The maximum absolute atomic E-state index is 12.3. The Morgan fingerprint density at radius 2 is 1.95 bits per heavy atom. The highest BCUT2D eigenvalue weighted by atomic mass is 32.2. The highest BCUT2D eigenvalue weighted by Gasteiger charge is 2.24. The van der Waals surface area contributed by atoms with E-state index in [1.165, 1.54) is 30.6 Å². The Morgan fingerprint density at radius 1 is 1.19 bits per heavy atom. The van der Waals surface area contributed by atoms with Crippen LogP contribution in [0.5, 0.6) is 0 Å². The van der Waals surface area contributed by atoms with Crippen LogP contribution in [0.1, 0.15) is 32.1 Å². The molecule has 0 saturated heterocycles. The van der Waals surface area contributed by atoms with Gasteiger partial charge < -0.3 is 11.1 Å². The van der Waals surface area contributed by atoms with Gasteiger partial charge in [0.15, 0.2) is 0 Å². The van der Waals surface area contributed by atoms with Crippen LogP contribution in [0.4, 0.5) is 5.69 Å². The van der Waals surface area contributed by atoms with Crippen LogP contribution in [-0.2, 0) is 4.79 Å². The fraction of sp³-hybridized carbons (Fsp3) is 0.471. The van der Waals surface area contributed by atoms with Crippen molar-refractivity contribution in [3.05, 3.63) is 36.4 Å². The molecular weight excluding hydrogens is 280 g/mol. The number of hydrogen-bond donors (Lipinski definition) is 2. The van der Waals surface area contributed by atoms with E-state index >= 15 is 0 Å². The quantitative estimate of drug-likeness (QED) is 0.836. The van der Waals surface area contributed by atoms with Crippen LogP contribution < -0.4 is 11.1 Å². The molecule has 2 aliphatic rings. The van der Waals surface area contributed by atoms with Crippen LogP contribution in [0.25, 0.3) is 0 Å². The average molecular weight is 302 g/mol. The minimum absolute atomic E-state index is 0.0175. The fourth-order valence-electron chi connectivity index (χ4n) is 3.01. The number of benzene rings is 1. The van der Waals surface area contributed by atoms with Gasteiger partial charge in [-0.15, -0.1) is 11.8 Å². The van der Waals surface area contributed by atoms with Gasteiger partial charge in [-0.1, -0.05) is 37.1 Å². The molecule has 0 bridgehead atoms. The number of thioether (sulfide) groups is 1. The van der Waals surface area contributed by atoms with E-state index in [-0.39, 0.29) is 17.9 Å². The lowest BCUT2D eigenvalue weighted by atomic mass is 10.1. The van der Waals surface area contributed by atoms with Gasteiger partial charge in [-0.05, 0) is 31.4 Å². The Balaban J connectivity index is 1.67. The maximum atomic E-state index is 12.3. The number of anilines is 1. The van der Waals surface area contributed by atoms with Crippen LogP contribution in [0.15, 0.2) is 41.3 Å². The molecule has 2 aliphatic carbocycles. The molecule has 21 heavy (non-hydrogen) atoms. The zero-order valence-electron chi connectivity index (χ0n) is 12.1. The number of nitrogens with two attached hydrogens (primary N) is 1. The molecule has 1 aromatic rings. The van der Waals surface area contributed by atoms with Gasteiger partial charge >= 0.3 is 0 Å². The number of para-hydroxylation sites is 1. The van der Waals surface area contributed by atoms with Crippen LogP contribution in [-0.4, -0.2) is 17.2 Å². The summed E-state index contributed by atoms with van der Waals surface area (Å²) in [5.74, 6) is -0.0387. The van der Waals surface area contributed by atoms with E-state index in [1.807, 2.05) is 42.1 Å². The number of hydrogen-bond acceptors (Lipinski definition) is 3. The lowest BCUT2D eigenvalue weighted by molar-refractivity contribution is -0.118. The van der Waals surface area contributed by atoms with Gasteiger partial charge in [0.05, 0.1) is 11.6 Å². The molecule has 3 nitrogen and oxygen atoms in total. The minimum Gasteiger partial charge on any atom is -0.325 e. The second-order valence-electron chi connectivity index (χ2n) is 5.90. The predicted molar refractivity (Wildman–Crippen MR) is 88.4 cm³/mol. The van der Waals surface area contributed by atoms with Gasteiger partial charge in [0.25, 0.3) is 0 Å². The molecule has 112 valence electrons. The summed E-state index contributed by atoms with van der Waals surface area (Å²) >= 11 is 1.91. The van der Waals surface area contributed by atoms with Crippen LogP contribution in [0.2, 0.25) is 0 Å². The molecule has 2 unspecified atom stereocenters. The molecule has 0 aromatic heterocycles. The van der Waals surface area contributed by atoms with E-state index in [1.54, 1.807) is 0 Å². The Bertz CT molecular complexity index is 537. The molecule has 4 heteroatoms. The molecule has 0 heterocycles. The maximum Gasteiger partial charge on any atom is 0.231 e. The molecule has 3 rings (SSSR count). The predicted octanol–water partition coefficient (Wildman–Crippen LogP) is 3.56. The van der Waals surface area contributed by atoms with Crippen molar-refractivity contribution in [1.29, 1.82) is 0 Å². The lowest BCUT2D eigenvalue weighted by Gasteiger charge is -2.16. The van der Waals surface area contributed by atoms with Gasteiger partial charge in [-0.3, -0.25) is 4.79 Å². The van der Waals surface area contributed by atoms with E-state index in [2.05, 4.69) is 11.4 Å². The smallest absolute Gasteiger partial charge is 0.231 e. The van der Waals surface area contributed by atoms with Crippen molar-refractivity contribution in [2.45, 2.75) is 48.3 Å². The normalized spacial score (nSPS) is 25.4. The van der Waals surface area contributed by atoms with Gasteiger partial charge in [0.1, 0.15) is 0 Å². The van der Waals surface area contributed by atoms with Crippen LogP contribution >= 0.6 is 11.8 Å². The Labute approximate surface area is 130 Å². The third-order valence-electron chi connectivity index (χ3n) is 4.19. The first-order valence-electron chi connectivity index (χ1n) is 7.73. The average Bonchev–Trinajstić information content (AvgIpc) is 3.12. The largest absolute Gasteiger partial charge is 0.325 e. The summed E-state index contributed by atoms with van der Waals surface area (Å²) < 4.78 is 0. The minimum atomic E-state index is -0.0930. The first kappa shape index (κ1) is 14.7. The zero-order valence-corrected chi connectivity index (χ0v) is 12.9. The standard InChI is InChI=1S/C17H22N2OS/c18-13-10-9-12(11-13)17(20)19-15-7-3-4-8-16(15)21-14-5-1-2-6-14/h3-4,7-10,12-14H,1-2,5-6,11,18H2,(H,19,20). The third kappa shape index (κ3) is 3.69. The van der Waals surface area contributed by atoms with E-state index < -0.39 is 0 Å². The summed E-state index contributed by atoms with van der Waals surface area (Å²) in [7, 11) is 0. The van der Waals surface area contributed by atoms with Crippen molar-refractivity contribution < 1.29 is 4.79 Å². The van der Waals surface area contributed by atoms with E-state index in [9.17, 15) is 4.79 Å². The number of rotatable bonds is 4. The summed E-state index contributed by atoms with van der Waals surface area (Å²) in [5, 5.41) is 3.78. The summed E-state index contributed by atoms with van der Waals surface area (Å²) in [4.78, 5) is 13.5. The number of nitrogens with one attached hydrogen (secondary N) is 1. The Hall–Kier alpha value is -1.26. The van der Waals surface area contributed by atoms with Crippen molar-refractivity contribution in [3.8, 4) is 0 Å². The lowest BCUT2D eigenvalue weighted by Crippen LogP contribution is -2.24. The summed E-state index contributed by atoms with van der Waals surface area (Å²) in [5.41, 5.74) is 6.76. The van der Waals surface area contributed by atoms with E-state index in [0.29, 0.717) is 11.7 Å². The number of carbonyl (C=O) groups is 1. The Kier molecular flexibility index (Phi) is 4.66. The monoisotopic (exact) mass is 302 g/mol. The summed E-state index contributed by atoms with van der Waals surface area (Å²) in [6, 6.07) is 8.13. The SMILES string of the molecule is NC1C=CC(C(=O)Nc2ccccc2SC2CCCC2)C1. The van der Waals surface area contributed by atoms with E-state index in [0.717, 1.165) is 5.69 Å². The second kappa shape index (κ2) is 6.67. The topological polar surface area (TPSA) is 55.1 Å². The molecule has 0 spiro atoms. The van der Waals surface area contributed by atoms with Gasteiger partial charge in [-0.2, -0.15) is 0 Å². The molecule has 1 saturated carbocycles.